The number of ketones is 1. The highest BCUT2D eigenvalue weighted by molar-refractivity contribution is 5.98. The van der Waals surface area contributed by atoms with Gasteiger partial charge in [-0.2, -0.15) is 0 Å². The number of nitrogens with zero attached hydrogens (tertiary/aromatic N) is 1. The summed E-state index contributed by atoms with van der Waals surface area (Å²) in [7, 11) is 1.73. The average molecular weight is 221 g/mol. The second-order valence-electron chi connectivity index (χ2n) is 4.35. The minimum absolute atomic E-state index is 0.317. The monoisotopic (exact) mass is 221 g/mol. The number of ether oxygens (including phenoxy) is 1. The minimum atomic E-state index is 0.317. The van der Waals surface area contributed by atoms with Crippen molar-refractivity contribution in [3.8, 4) is 0 Å². The van der Waals surface area contributed by atoms with E-state index in [9.17, 15) is 4.79 Å². The van der Waals surface area contributed by atoms with Gasteiger partial charge in [0.15, 0.2) is 5.78 Å². The first-order valence-corrected chi connectivity index (χ1v) is 6.03. The number of aryl methyl sites for hydroxylation is 1. The molecule has 16 heavy (non-hydrogen) atoms. The number of fused-ring (bicyclic) bond motifs is 1. The fraction of sp³-hybridized carbons (Fsp3) is 0.615. The highest BCUT2D eigenvalue weighted by atomic mass is 16.5. The Morgan fingerprint density at radius 3 is 3.06 bits per heavy atom. The molecule has 1 aromatic heterocycles. The Bertz CT molecular complexity index is 368. The Hall–Kier alpha value is -1.09. The molecular weight excluding hydrogens is 202 g/mol. The second kappa shape index (κ2) is 5.30. The summed E-state index contributed by atoms with van der Waals surface area (Å²) in [4.78, 5) is 11.6. The van der Waals surface area contributed by atoms with E-state index in [4.69, 9.17) is 4.74 Å². The van der Waals surface area contributed by atoms with Crippen LogP contribution < -0.4 is 0 Å². The van der Waals surface area contributed by atoms with Crippen molar-refractivity contribution < 1.29 is 9.53 Å². The van der Waals surface area contributed by atoms with Crippen LogP contribution in [0.25, 0.3) is 0 Å². The first-order valence-electron chi connectivity index (χ1n) is 6.03. The highest BCUT2D eigenvalue weighted by Gasteiger charge is 2.19. The van der Waals surface area contributed by atoms with Crippen LogP contribution in [0.3, 0.4) is 0 Å². The molecule has 0 saturated carbocycles. The predicted octanol–water partition coefficient (Wildman–Crippen LogP) is 2.43. The molecule has 0 fully saturated rings. The van der Waals surface area contributed by atoms with Gasteiger partial charge in [-0.15, -0.1) is 0 Å². The van der Waals surface area contributed by atoms with E-state index in [1.165, 1.54) is 5.69 Å². The molecule has 0 unspecified atom stereocenters. The van der Waals surface area contributed by atoms with Crippen molar-refractivity contribution in [2.45, 2.75) is 38.6 Å². The van der Waals surface area contributed by atoms with Crippen molar-refractivity contribution in [1.29, 1.82) is 0 Å². The number of unbranched alkanes of at least 4 members (excludes halogenated alkanes) is 1. The summed E-state index contributed by atoms with van der Waals surface area (Å²) in [6, 6.07) is 1.98. The third-order valence-corrected chi connectivity index (χ3v) is 3.19. The molecule has 0 amide bonds. The molecule has 88 valence electrons. The molecule has 0 N–H and O–H groups in total. The molecule has 0 bridgehead atoms. The van der Waals surface area contributed by atoms with Gasteiger partial charge in [-0.1, -0.05) is 0 Å². The van der Waals surface area contributed by atoms with E-state index in [1.54, 1.807) is 7.11 Å². The zero-order valence-electron chi connectivity index (χ0n) is 9.87. The molecule has 1 aliphatic carbocycles. The van der Waals surface area contributed by atoms with Crippen LogP contribution in [0.2, 0.25) is 0 Å². The zero-order chi connectivity index (χ0) is 11.4. The van der Waals surface area contributed by atoms with E-state index in [0.717, 1.165) is 50.8 Å². The molecule has 1 heterocycles. The number of hydrogen-bond acceptors (Lipinski definition) is 2. The van der Waals surface area contributed by atoms with Crippen LogP contribution in [0.15, 0.2) is 12.3 Å². The molecule has 2 rings (SSSR count). The predicted molar refractivity (Wildman–Crippen MR) is 62.8 cm³/mol. The van der Waals surface area contributed by atoms with Crippen LogP contribution in [-0.4, -0.2) is 24.1 Å². The van der Waals surface area contributed by atoms with Crippen LogP contribution >= 0.6 is 0 Å². The quantitative estimate of drug-likeness (QED) is 0.715. The summed E-state index contributed by atoms with van der Waals surface area (Å²) in [5.74, 6) is 0.317. The fourth-order valence-corrected chi connectivity index (χ4v) is 2.33. The summed E-state index contributed by atoms with van der Waals surface area (Å²) in [6.45, 7) is 1.83. The van der Waals surface area contributed by atoms with Crippen molar-refractivity contribution in [3.05, 3.63) is 23.5 Å². The molecule has 0 atom stereocenters. The zero-order valence-corrected chi connectivity index (χ0v) is 9.87. The Morgan fingerprint density at radius 1 is 1.38 bits per heavy atom. The molecule has 0 spiro atoms. The first-order chi connectivity index (χ1) is 7.83. The Kier molecular flexibility index (Phi) is 3.78. The van der Waals surface area contributed by atoms with Gasteiger partial charge in [-0.05, 0) is 31.7 Å². The van der Waals surface area contributed by atoms with Gasteiger partial charge in [0.05, 0.1) is 0 Å². The Labute approximate surface area is 96.4 Å². The fourth-order valence-electron chi connectivity index (χ4n) is 2.33. The average Bonchev–Trinajstić information content (AvgIpc) is 2.70. The number of methoxy groups -OCH3 is 1. The van der Waals surface area contributed by atoms with E-state index in [1.807, 2.05) is 6.07 Å². The van der Waals surface area contributed by atoms with Gasteiger partial charge >= 0.3 is 0 Å². The molecular formula is C13H19NO2. The number of carbonyl (C=O) groups is 1. The van der Waals surface area contributed by atoms with Gasteiger partial charge in [0, 0.05) is 44.1 Å². The second-order valence-corrected chi connectivity index (χ2v) is 4.35. The van der Waals surface area contributed by atoms with E-state index >= 15 is 0 Å². The van der Waals surface area contributed by atoms with E-state index in [0.29, 0.717) is 5.78 Å². The van der Waals surface area contributed by atoms with Gasteiger partial charge in [0.2, 0.25) is 0 Å². The highest BCUT2D eigenvalue weighted by Crippen LogP contribution is 2.22. The molecule has 0 aromatic carbocycles. The minimum Gasteiger partial charge on any atom is -0.385 e. The molecule has 0 aliphatic heterocycles. The van der Waals surface area contributed by atoms with Gasteiger partial charge in [-0.3, -0.25) is 4.79 Å². The summed E-state index contributed by atoms with van der Waals surface area (Å²) < 4.78 is 7.27. The number of hydrogen-bond donors (Lipinski definition) is 0. The lowest BCUT2D eigenvalue weighted by Gasteiger charge is -2.14. The SMILES string of the molecule is COCCCCn1ccc2c1CCCC2=O. The lowest BCUT2D eigenvalue weighted by molar-refractivity contribution is 0.0971. The van der Waals surface area contributed by atoms with Crippen molar-refractivity contribution >= 4 is 5.78 Å². The maximum absolute atomic E-state index is 11.6. The molecule has 3 heteroatoms. The van der Waals surface area contributed by atoms with Crippen LogP contribution in [0.1, 0.15) is 41.7 Å². The number of rotatable bonds is 5. The molecule has 0 radical (unpaired) electrons. The summed E-state index contributed by atoms with van der Waals surface area (Å²) in [6.07, 6.45) is 7.04. The van der Waals surface area contributed by atoms with E-state index in [-0.39, 0.29) is 0 Å². The third-order valence-electron chi connectivity index (χ3n) is 3.19. The topological polar surface area (TPSA) is 31.2 Å². The Morgan fingerprint density at radius 2 is 2.25 bits per heavy atom. The largest absolute Gasteiger partial charge is 0.385 e. The van der Waals surface area contributed by atoms with Crippen LogP contribution in [0.4, 0.5) is 0 Å². The lowest BCUT2D eigenvalue weighted by atomic mass is 9.97. The van der Waals surface area contributed by atoms with Gasteiger partial charge < -0.3 is 9.30 Å². The van der Waals surface area contributed by atoms with E-state index < -0.39 is 0 Å². The van der Waals surface area contributed by atoms with Crippen molar-refractivity contribution in [1.82, 2.24) is 4.57 Å². The first kappa shape index (κ1) is 11.4. The van der Waals surface area contributed by atoms with Crippen LogP contribution in [0, 0.1) is 0 Å². The number of carbonyl (C=O) groups excluding carboxylic acids is 1. The smallest absolute Gasteiger partial charge is 0.164 e. The summed E-state index contributed by atoms with van der Waals surface area (Å²) >= 11 is 0. The van der Waals surface area contributed by atoms with Gasteiger partial charge in [0.1, 0.15) is 0 Å². The lowest BCUT2D eigenvalue weighted by Crippen LogP contribution is -2.13. The van der Waals surface area contributed by atoms with Gasteiger partial charge in [0.25, 0.3) is 0 Å². The van der Waals surface area contributed by atoms with Crippen LogP contribution in [-0.2, 0) is 17.7 Å². The summed E-state index contributed by atoms with van der Waals surface area (Å²) in [5.41, 5.74) is 2.20. The summed E-state index contributed by atoms with van der Waals surface area (Å²) in [5, 5.41) is 0. The molecule has 1 aliphatic rings. The third kappa shape index (κ3) is 2.35. The molecule has 3 nitrogen and oxygen atoms in total. The van der Waals surface area contributed by atoms with Crippen LogP contribution in [0.5, 0.6) is 0 Å². The normalized spacial score (nSPS) is 15.2. The van der Waals surface area contributed by atoms with Crippen molar-refractivity contribution in [3.63, 3.8) is 0 Å². The maximum Gasteiger partial charge on any atom is 0.164 e. The molecule has 1 aromatic rings. The number of aromatic nitrogens is 1. The Balaban J connectivity index is 1.97. The van der Waals surface area contributed by atoms with Gasteiger partial charge in [-0.25, -0.2) is 0 Å². The van der Waals surface area contributed by atoms with E-state index in [2.05, 4.69) is 10.8 Å². The number of Topliss-reactive ketones (excluding diaryl/α,β-unsaturated/α-hetero) is 1. The standard InChI is InChI=1S/C13H19NO2/c1-16-10-3-2-8-14-9-7-11-12(14)5-4-6-13(11)15/h7,9H,2-6,8,10H2,1H3. The molecule has 0 saturated heterocycles. The maximum atomic E-state index is 11.6. The van der Waals surface area contributed by atoms with Crippen molar-refractivity contribution in [2.24, 2.45) is 0 Å². The van der Waals surface area contributed by atoms with Crippen molar-refractivity contribution in [2.75, 3.05) is 13.7 Å².